The molecule has 0 saturated carbocycles. The predicted octanol–water partition coefficient (Wildman–Crippen LogP) is 1.62. The Morgan fingerprint density at radius 2 is 1.91 bits per heavy atom. The van der Waals surface area contributed by atoms with Crippen molar-refractivity contribution in [2.24, 2.45) is 11.8 Å². The van der Waals surface area contributed by atoms with Crippen molar-refractivity contribution in [3.05, 3.63) is 54.1 Å². The van der Waals surface area contributed by atoms with Crippen molar-refractivity contribution < 1.29 is 22.8 Å². The third kappa shape index (κ3) is 7.01. The molecule has 10 heteroatoms. The van der Waals surface area contributed by atoms with Crippen molar-refractivity contribution in [2.45, 2.75) is 56.9 Å². The Morgan fingerprint density at radius 3 is 2.62 bits per heavy atom. The van der Waals surface area contributed by atoms with E-state index in [-0.39, 0.29) is 30.1 Å². The number of ketones is 2. The molecule has 3 rings (SSSR count). The third-order valence-corrected chi connectivity index (χ3v) is 7.06. The fourth-order valence-electron chi connectivity index (χ4n) is 3.86. The zero-order valence-corrected chi connectivity index (χ0v) is 20.2. The van der Waals surface area contributed by atoms with Gasteiger partial charge in [0, 0.05) is 37.2 Å². The normalized spacial score (nSPS) is 18.1. The molecule has 1 aromatic carbocycles. The molecule has 2 bridgehead atoms. The van der Waals surface area contributed by atoms with Gasteiger partial charge in [0.15, 0.2) is 5.78 Å². The van der Waals surface area contributed by atoms with E-state index in [1.807, 2.05) is 13.8 Å². The smallest absolute Gasteiger partial charge is 0.287 e. The highest BCUT2D eigenvalue weighted by Crippen LogP contribution is 2.19. The van der Waals surface area contributed by atoms with Gasteiger partial charge in [-0.2, -0.15) is 0 Å². The van der Waals surface area contributed by atoms with Gasteiger partial charge in [0.05, 0.1) is 10.9 Å². The van der Waals surface area contributed by atoms with Crippen LogP contribution >= 0.6 is 0 Å². The van der Waals surface area contributed by atoms with Crippen LogP contribution in [0.5, 0.6) is 0 Å². The maximum Gasteiger partial charge on any atom is 0.287 e. The first-order valence-electron chi connectivity index (χ1n) is 11.4. The average Bonchev–Trinajstić information content (AvgIpc) is 2.81. The van der Waals surface area contributed by atoms with Crippen LogP contribution in [0.25, 0.3) is 0 Å². The van der Waals surface area contributed by atoms with Crippen LogP contribution < -0.4 is 10.0 Å². The zero-order chi connectivity index (χ0) is 24.7. The van der Waals surface area contributed by atoms with Crippen LogP contribution in [0.4, 0.5) is 0 Å². The van der Waals surface area contributed by atoms with Gasteiger partial charge in [0.2, 0.25) is 15.8 Å². The van der Waals surface area contributed by atoms with Crippen LogP contribution in [0, 0.1) is 11.8 Å². The molecule has 0 spiro atoms. The van der Waals surface area contributed by atoms with Crippen molar-refractivity contribution >= 4 is 27.5 Å². The lowest BCUT2D eigenvalue weighted by atomic mass is 9.89. The number of benzene rings is 1. The first-order chi connectivity index (χ1) is 16.2. The molecule has 1 aromatic heterocycles. The number of hydrogen-bond donors (Lipinski definition) is 2. The second-order valence-electron chi connectivity index (χ2n) is 8.88. The van der Waals surface area contributed by atoms with Gasteiger partial charge in [-0.25, -0.2) is 23.1 Å². The van der Waals surface area contributed by atoms with E-state index >= 15 is 0 Å². The van der Waals surface area contributed by atoms with Crippen LogP contribution in [0.2, 0.25) is 0 Å². The molecule has 2 unspecified atom stereocenters. The minimum Gasteiger partial charge on any atom is -0.349 e. The predicted molar refractivity (Wildman–Crippen MR) is 125 cm³/mol. The number of carbonyl (C=O) groups excluding carboxylic acids is 3. The molecule has 34 heavy (non-hydrogen) atoms. The van der Waals surface area contributed by atoms with Gasteiger partial charge in [-0.1, -0.05) is 32.0 Å². The van der Waals surface area contributed by atoms with Gasteiger partial charge in [-0.15, -0.1) is 0 Å². The molecule has 2 atom stereocenters. The molecule has 9 nitrogen and oxygen atoms in total. The van der Waals surface area contributed by atoms with E-state index in [0.29, 0.717) is 25.2 Å². The number of hydrogen-bond acceptors (Lipinski definition) is 7. The second kappa shape index (κ2) is 11.4. The summed E-state index contributed by atoms with van der Waals surface area (Å²) in [5.41, 5.74) is 0.798. The Hall–Kier alpha value is -2.98. The molecule has 2 heterocycles. The summed E-state index contributed by atoms with van der Waals surface area (Å²) in [4.78, 5) is 47.3. The van der Waals surface area contributed by atoms with E-state index in [1.54, 1.807) is 30.5 Å². The summed E-state index contributed by atoms with van der Waals surface area (Å²) < 4.78 is 28.2. The van der Waals surface area contributed by atoms with E-state index in [9.17, 15) is 22.8 Å². The molecule has 2 N–H and O–H groups in total. The number of Topliss-reactive ketones (excluding diaryl/α,β-unsaturated/α-hetero) is 2. The molecule has 1 amide bonds. The minimum atomic E-state index is -3.95. The molecular weight excluding hydrogens is 456 g/mol. The van der Waals surface area contributed by atoms with E-state index in [1.165, 1.54) is 12.1 Å². The molecule has 182 valence electrons. The summed E-state index contributed by atoms with van der Waals surface area (Å²) in [6, 6.07) is 8.53. The number of fused-ring (bicyclic) bond motifs is 2. The van der Waals surface area contributed by atoms with Crippen LogP contribution in [-0.2, 0) is 37.2 Å². The van der Waals surface area contributed by atoms with Crippen molar-refractivity contribution in [1.29, 1.82) is 0 Å². The number of nitrogens with one attached hydrogen (secondary N) is 2. The number of aromatic nitrogens is 2. The molecule has 1 aliphatic rings. The fourth-order valence-corrected chi connectivity index (χ4v) is 5.11. The van der Waals surface area contributed by atoms with Gasteiger partial charge in [0.25, 0.3) is 5.91 Å². The molecule has 0 saturated heterocycles. The number of rotatable bonds is 8. The highest BCUT2D eigenvalue weighted by molar-refractivity contribution is 7.89. The maximum absolute atomic E-state index is 13.3. The highest BCUT2D eigenvalue weighted by Gasteiger charge is 2.33. The summed E-state index contributed by atoms with van der Waals surface area (Å²) in [7, 11) is -3.95. The Morgan fingerprint density at radius 1 is 1.18 bits per heavy atom. The molecular formula is C24H30N4O5S. The summed E-state index contributed by atoms with van der Waals surface area (Å²) >= 11 is 0. The van der Waals surface area contributed by atoms with E-state index in [0.717, 1.165) is 5.69 Å². The first-order valence-corrected chi connectivity index (χ1v) is 12.9. The molecule has 0 radical (unpaired) electrons. The van der Waals surface area contributed by atoms with Crippen molar-refractivity contribution in [2.75, 3.05) is 6.54 Å². The van der Waals surface area contributed by atoms with Gasteiger partial charge in [-0.05, 0) is 43.4 Å². The van der Waals surface area contributed by atoms with Gasteiger partial charge >= 0.3 is 0 Å². The first kappa shape index (κ1) is 25.6. The number of amides is 1. The summed E-state index contributed by atoms with van der Waals surface area (Å²) in [5, 5.41) is 2.60. The van der Waals surface area contributed by atoms with E-state index in [4.69, 9.17) is 0 Å². The summed E-state index contributed by atoms with van der Waals surface area (Å²) in [5.74, 6) is -2.53. The largest absolute Gasteiger partial charge is 0.349 e. The Bertz CT molecular complexity index is 1140. The van der Waals surface area contributed by atoms with E-state index in [2.05, 4.69) is 20.0 Å². The van der Waals surface area contributed by atoms with E-state index < -0.39 is 39.5 Å². The molecule has 2 aromatic rings. The zero-order valence-electron chi connectivity index (χ0n) is 19.4. The molecule has 1 aliphatic heterocycles. The quantitative estimate of drug-likeness (QED) is 0.541. The number of sulfonamides is 1. The Labute approximate surface area is 199 Å². The fraction of sp³-hybridized carbons (Fsp3) is 0.458. The van der Waals surface area contributed by atoms with Crippen LogP contribution in [0.3, 0.4) is 0 Å². The lowest BCUT2D eigenvalue weighted by Crippen LogP contribution is -2.44. The van der Waals surface area contributed by atoms with Gasteiger partial charge in [0.1, 0.15) is 5.82 Å². The minimum absolute atomic E-state index is 0.0130. The maximum atomic E-state index is 13.3. The van der Waals surface area contributed by atoms with Crippen molar-refractivity contribution in [3.63, 3.8) is 0 Å². The lowest BCUT2D eigenvalue weighted by Gasteiger charge is -2.22. The average molecular weight is 487 g/mol. The van der Waals surface area contributed by atoms with Crippen molar-refractivity contribution in [3.8, 4) is 0 Å². The molecule has 0 aliphatic carbocycles. The Balaban J connectivity index is 1.84. The number of carbonyl (C=O) groups is 3. The van der Waals surface area contributed by atoms with Crippen LogP contribution in [-0.4, -0.2) is 48.4 Å². The summed E-state index contributed by atoms with van der Waals surface area (Å²) in [6.45, 7) is 4.07. The summed E-state index contributed by atoms with van der Waals surface area (Å²) in [6.07, 6.45) is 2.83. The monoisotopic (exact) mass is 486 g/mol. The number of aryl methyl sites for hydroxylation is 1. The van der Waals surface area contributed by atoms with Crippen molar-refractivity contribution in [1.82, 2.24) is 20.0 Å². The van der Waals surface area contributed by atoms with Crippen LogP contribution in [0.1, 0.15) is 44.6 Å². The lowest BCUT2D eigenvalue weighted by molar-refractivity contribution is -0.141. The topological polar surface area (TPSA) is 135 Å². The standard InChI is InChI=1S/C24H30N4O5S/c1-16(2)13-20(28-34(32,33)19-8-4-3-5-9-19)21(29)14-17-15-22-25-12-10-18(27-22)7-6-11-26-24(31)23(17)30/h3-5,8-10,12,16-17,20,28H,6-7,11,13-15H2,1-2H3,(H,26,31). The number of nitrogens with zero attached hydrogens (tertiary/aromatic N) is 2. The van der Waals surface area contributed by atoms with Gasteiger partial charge < -0.3 is 5.32 Å². The van der Waals surface area contributed by atoms with Crippen LogP contribution in [0.15, 0.2) is 47.5 Å². The van der Waals surface area contributed by atoms with Gasteiger partial charge in [-0.3, -0.25) is 14.4 Å². The second-order valence-corrected chi connectivity index (χ2v) is 10.6. The highest BCUT2D eigenvalue weighted by atomic mass is 32.2. The SMILES string of the molecule is CC(C)CC(NS(=O)(=O)c1ccccc1)C(=O)CC1Cc2nccc(n2)CCCNC(=O)C1=O. The molecule has 0 fully saturated rings. The Kier molecular flexibility index (Phi) is 8.62. The third-order valence-electron chi connectivity index (χ3n) is 5.58.